The zero-order valence-corrected chi connectivity index (χ0v) is 10.7. The zero-order valence-electron chi connectivity index (χ0n) is 9.88. The predicted molar refractivity (Wildman–Crippen MR) is 68.8 cm³/mol. The van der Waals surface area contributed by atoms with E-state index >= 15 is 0 Å². The molecule has 0 aliphatic carbocycles. The van der Waals surface area contributed by atoms with E-state index in [-0.39, 0.29) is 22.5 Å². The third kappa shape index (κ3) is 2.09. The molecule has 1 aromatic carbocycles. The largest absolute Gasteiger partial charge is 0.376 e. The quantitative estimate of drug-likeness (QED) is 0.652. The highest BCUT2D eigenvalue weighted by Gasteiger charge is 2.24. The highest BCUT2D eigenvalue weighted by molar-refractivity contribution is 7.94. The molecule has 0 radical (unpaired) electrons. The summed E-state index contributed by atoms with van der Waals surface area (Å²) in [6.45, 7) is 0. The van der Waals surface area contributed by atoms with E-state index < -0.39 is 20.8 Å². The summed E-state index contributed by atoms with van der Waals surface area (Å²) in [4.78, 5) is 10.3. The first-order valence-corrected chi connectivity index (χ1v) is 7.25. The van der Waals surface area contributed by atoms with Gasteiger partial charge in [0.15, 0.2) is 15.4 Å². The number of nitro groups is 1. The molecule has 9 nitrogen and oxygen atoms in total. The molecule has 0 saturated carbocycles. The number of anilines is 1. The fourth-order valence-corrected chi connectivity index (χ4v) is 3.22. The first-order chi connectivity index (χ1) is 9.46. The minimum absolute atomic E-state index is 0.0184. The van der Waals surface area contributed by atoms with Gasteiger partial charge in [0.2, 0.25) is 5.52 Å². The molecule has 10 heteroatoms. The Balaban J connectivity index is 1.98. The smallest absolute Gasteiger partial charge is 0.300 e. The van der Waals surface area contributed by atoms with Gasteiger partial charge in [0.25, 0.3) is 0 Å². The van der Waals surface area contributed by atoms with Crippen LogP contribution in [0.25, 0.3) is 11.0 Å². The summed E-state index contributed by atoms with van der Waals surface area (Å²) in [5.41, 5.74) is 0.418. The number of nitrogens with zero attached hydrogens (tertiary/aromatic N) is 3. The van der Waals surface area contributed by atoms with Crippen LogP contribution < -0.4 is 5.32 Å². The van der Waals surface area contributed by atoms with Crippen LogP contribution in [0.1, 0.15) is 0 Å². The molecule has 104 valence electrons. The molecule has 3 rings (SSSR count). The zero-order chi connectivity index (χ0) is 14.3. The van der Waals surface area contributed by atoms with E-state index in [4.69, 9.17) is 0 Å². The topological polar surface area (TPSA) is 128 Å². The lowest BCUT2D eigenvalue weighted by atomic mass is 10.2. The average molecular weight is 296 g/mol. The van der Waals surface area contributed by atoms with Crippen molar-refractivity contribution in [2.45, 2.75) is 6.04 Å². The summed E-state index contributed by atoms with van der Waals surface area (Å²) >= 11 is 0. The Morgan fingerprint density at radius 3 is 2.75 bits per heavy atom. The normalized spacial score (nSPS) is 20.3. The second-order valence-electron chi connectivity index (χ2n) is 4.26. The summed E-state index contributed by atoms with van der Waals surface area (Å²) in [5.74, 6) is -0.0727. The van der Waals surface area contributed by atoms with Crippen LogP contribution in [0.5, 0.6) is 0 Å². The average Bonchev–Trinajstić information content (AvgIpc) is 2.96. The van der Waals surface area contributed by atoms with Crippen molar-refractivity contribution in [1.29, 1.82) is 0 Å². The molecule has 1 aliphatic rings. The molecule has 2 heterocycles. The Bertz CT molecular complexity index is 825. The van der Waals surface area contributed by atoms with Gasteiger partial charge in [-0.2, -0.15) is 0 Å². The summed E-state index contributed by atoms with van der Waals surface area (Å²) in [6, 6.07) is 2.30. The number of hydrogen-bond donors (Lipinski definition) is 1. The maximum absolute atomic E-state index is 11.3. The maximum Gasteiger partial charge on any atom is 0.300 e. The second-order valence-corrected chi connectivity index (χ2v) is 6.19. The minimum atomic E-state index is -3.19. The van der Waals surface area contributed by atoms with E-state index in [1.54, 1.807) is 0 Å². The van der Waals surface area contributed by atoms with Crippen molar-refractivity contribution in [2.75, 3.05) is 11.1 Å². The Hall–Kier alpha value is -2.49. The maximum atomic E-state index is 11.3. The van der Waals surface area contributed by atoms with Crippen LogP contribution in [0.15, 0.2) is 28.2 Å². The van der Waals surface area contributed by atoms with E-state index in [0.717, 1.165) is 5.41 Å². The molecular weight excluding hydrogens is 288 g/mol. The van der Waals surface area contributed by atoms with Gasteiger partial charge < -0.3 is 5.32 Å². The summed E-state index contributed by atoms with van der Waals surface area (Å²) in [6.07, 6.45) is 1.51. The van der Waals surface area contributed by atoms with Gasteiger partial charge in [0.05, 0.1) is 22.4 Å². The van der Waals surface area contributed by atoms with Crippen molar-refractivity contribution in [2.24, 2.45) is 0 Å². The molecule has 0 bridgehead atoms. The van der Waals surface area contributed by atoms with E-state index in [0.29, 0.717) is 5.69 Å². The van der Waals surface area contributed by atoms with Crippen molar-refractivity contribution in [3.05, 3.63) is 33.7 Å². The van der Waals surface area contributed by atoms with Crippen molar-refractivity contribution in [3.8, 4) is 0 Å². The lowest BCUT2D eigenvalue weighted by Crippen LogP contribution is -2.21. The Kier molecular flexibility index (Phi) is 2.67. The molecule has 0 saturated heterocycles. The fourth-order valence-electron chi connectivity index (χ4n) is 1.98. The van der Waals surface area contributed by atoms with Crippen LogP contribution >= 0.6 is 0 Å². The molecule has 1 aliphatic heterocycles. The SMILES string of the molecule is O=[N+]([O-])c1ccc(NC2C=CS(=O)(=O)C2)c2nonc12. The Morgan fingerprint density at radius 1 is 1.35 bits per heavy atom. The van der Waals surface area contributed by atoms with Crippen LogP contribution in [0.2, 0.25) is 0 Å². The van der Waals surface area contributed by atoms with Gasteiger partial charge in [-0.25, -0.2) is 13.0 Å². The highest BCUT2D eigenvalue weighted by Crippen LogP contribution is 2.29. The van der Waals surface area contributed by atoms with E-state index in [9.17, 15) is 18.5 Å². The predicted octanol–water partition coefficient (Wildman–Crippen LogP) is 0.854. The van der Waals surface area contributed by atoms with Crippen LogP contribution in [0.3, 0.4) is 0 Å². The number of rotatable bonds is 3. The Morgan fingerprint density at radius 2 is 2.10 bits per heavy atom. The van der Waals surface area contributed by atoms with Gasteiger partial charge in [-0.05, 0) is 16.4 Å². The van der Waals surface area contributed by atoms with Gasteiger partial charge in [-0.3, -0.25) is 10.1 Å². The number of non-ortho nitro benzene ring substituents is 1. The molecule has 2 aromatic rings. The lowest BCUT2D eigenvalue weighted by Gasteiger charge is -2.11. The number of nitrogens with one attached hydrogen (secondary N) is 1. The van der Waals surface area contributed by atoms with Crippen LogP contribution in [0, 0.1) is 10.1 Å². The minimum Gasteiger partial charge on any atom is -0.376 e. The number of hydrogen-bond acceptors (Lipinski definition) is 8. The number of aromatic nitrogens is 2. The van der Waals surface area contributed by atoms with Crippen molar-refractivity contribution >= 4 is 32.2 Å². The summed E-state index contributed by atoms with van der Waals surface area (Å²) in [5, 5.41) is 22.0. The van der Waals surface area contributed by atoms with Gasteiger partial charge in [0.1, 0.15) is 0 Å². The second kappa shape index (κ2) is 4.27. The summed E-state index contributed by atoms with van der Waals surface area (Å²) < 4.78 is 27.2. The van der Waals surface area contributed by atoms with Gasteiger partial charge in [-0.15, -0.1) is 0 Å². The summed E-state index contributed by atoms with van der Waals surface area (Å²) in [7, 11) is -3.19. The number of fused-ring (bicyclic) bond motifs is 1. The third-order valence-electron chi connectivity index (χ3n) is 2.86. The van der Waals surface area contributed by atoms with Gasteiger partial charge >= 0.3 is 5.69 Å². The van der Waals surface area contributed by atoms with E-state index in [2.05, 4.69) is 20.3 Å². The van der Waals surface area contributed by atoms with E-state index in [1.807, 2.05) is 0 Å². The lowest BCUT2D eigenvalue weighted by molar-refractivity contribution is -0.383. The molecule has 20 heavy (non-hydrogen) atoms. The highest BCUT2D eigenvalue weighted by atomic mass is 32.2. The monoisotopic (exact) mass is 296 g/mol. The molecule has 1 atom stereocenters. The molecule has 1 aromatic heterocycles. The molecule has 1 N–H and O–H groups in total. The third-order valence-corrected chi connectivity index (χ3v) is 4.26. The van der Waals surface area contributed by atoms with Crippen LogP contribution in [0.4, 0.5) is 11.4 Å². The number of sulfone groups is 1. The van der Waals surface area contributed by atoms with Crippen LogP contribution in [-0.4, -0.2) is 35.4 Å². The van der Waals surface area contributed by atoms with Crippen molar-refractivity contribution in [1.82, 2.24) is 10.3 Å². The molecular formula is C10H8N4O5S. The van der Waals surface area contributed by atoms with Gasteiger partial charge in [0, 0.05) is 11.5 Å². The van der Waals surface area contributed by atoms with Crippen molar-refractivity contribution < 1.29 is 18.0 Å². The molecule has 0 spiro atoms. The van der Waals surface area contributed by atoms with Gasteiger partial charge in [-0.1, -0.05) is 6.08 Å². The molecule has 0 amide bonds. The number of nitro benzene ring substituents is 1. The first-order valence-electron chi connectivity index (χ1n) is 5.53. The molecule has 1 unspecified atom stereocenters. The first kappa shape index (κ1) is 12.5. The fraction of sp³-hybridized carbons (Fsp3) is 0.200. The standard InChI is InChI=1S/C10H8N4O5S/c15-14(16)8-2-1-7(9-10(8)13-19-12-9)11-6-3-4-20(17,18)5-6/h1-4,6,11H,5H2. The van der Waals surface area contributed by atoms with E-state index in [1.165, 1.54) is 18.2 Å². The molecule has 0 fully saturated rings. The number of benzene rings is 1. The Labute approximate surface area is 112 Å². The van der Waals surface area contributed by atoms with Crippen molar-refractivity contribution in [3.63, 3.8) is 0 Å². The van der Waals surface area contributed by atoms with Crippen LogP contribution in [-0.2, 0) is 9.84 Å².